The molecule has 3 heterocycles. The average Bonchev–Trinajstić information content (AvgIpc) is 3.31. The minimum atomic E-state index is -3.16. The SMILES string of the molecule is COc1cc(OC)cc(C(=O)Nc2ccc(-n3nc(-c4cccnc4)cc3C(C)(F)F)nc2)c1. The van der Waals surface area contributed by atoms with Crippen LogP contribution in [-0.4, -0.2) is 39.9 Å². The van der Waals surface area contributed by atoms with Gasteiger partial charge < -0.3 is 14.8 Å². The molecule has 0 bridgehead atoms. The summed E-state index contributed by atoms with van der Waals surface area (Å²) in [5.41, 5.74) is 1.32. The molecule has 0 aliphatic heterocycles. The highest BCUT2D eigenvalue weighted by atomic mass is 19.3. The highest BCUT2D eigenvalue weighted by Crippen LogP contribution is 2.32. The van der Waals surface area contributed by atoms with E-state index in [1.165, 1.54) is 32.5 Å². The van der Waals surface area contributed by atoms with Gasteiger partial charge in [0.2, 0.25) is 0 Å². The lowest BCUT2D eigenvalue weighted by molar-refractivity contribution is 0.0101. The molecule has 174 valence electrons. The average molecular weight is 465 g/mol. The molecule has 0 unspecified atom stereocenters. The summed E-state index contributed by atoms with van der Waals surface area (Å²) in [6, 6.07) is 12.6. The molecule has 1 aromatic carbocycles. The maximum atomic E-state index is 14.3. The van der Waals surface area contributed by atoms with E-state index in [-0.39, 0.29) is 11.5 Å². The summed E-state index contributed by atoms with van der Waals surface area (Å²) >= 11 is 0. The van der Waals surface area contributed by atoms with Gasteiger partial charge in [-0.2, -0.15) is 13.9 Å². The maximum Gasteiger partial charge on any atom is 0.287 e. The molecule has 0 aliphatic rings. The van der Waals surface area contributed by atoms with E-state index >= 15 is 0 Å². The van der Waals surface area contributed by atoms with E-state index in [4.69, 9.17) is 9.47 Å². The van der Waals surface area contributed by atoms with Crippen LogP contribution >= 0.6 is 0 Å². The van der Waals surface area contributed by atoms with Gasteiger partial charge in [-0.1, -0.05) is 0 Å². The second-order valence-corrected chi connectivity index (χ2v) is 7.42. The molecule has 10 heteroatoms. The Morgan fingerprint density at radius 1 is 1.03 bits per heavy atom. The van der Waals surface area contributed by atoms with Gasteiger partial charge in [-0.25, -0.2) is 9.67 Å². The van der Waals surface area contributed by atoms with Crippen LogP contribution in [0.2, 0.25) is 0 Å². The highest BCUT2D eigenvalue weighted by Gasteiger charge is 2.31. The first-order valence-electron chi connectivity index (χ1n) is 10.2. The van der Waals surface area contributed by atoms with E-state index < -0.39 is 11.8 Å². The first-order chi connectivity index (χ1) is 16.3. The molecule has 4 rings (SSSR count). The van der Waals surface area contributed by atoms with Gasteiger partial charge in [-0.3, -0.25) is 9.78 Å². The summed E-state index contributed by atoms with van der Waals surface area (Å²) in [7, 11) is 2.98. The van der Waals surface area contributed by atoms with Crippen LogP contribution in [0.3, 0.4) is 0 Å². The van der Waals surface area contributed by atoms with E-state index in [9.17, 15) is 13.6 Å². The third kappa shape index (κ3) is 4.85. The number of ether oxygens (including phenoxy) is 2. The fraction of sp³-hybridized carbons (Fsp3) is 0.167. The second kappa shape index (κ2) is 9.26. The number of rotatable bonds is 7. The maximum absolute atomic E-state index is 14.3. The van der Waals surface area contributed by atoms with Crippen LogP contribution in [0.25, 0.3) is 17.1 Å². The number of nitrogens with one attached hydrogen (secondary N) is 1. The fourth-order valence-corrected chi connectivity index (χ4v) is 3.25. The molecule has 0 spiro atoms. The van der Waals surface area contributed by atoms with Crippen molar-refractivity contribution in [3.63, 3.8) is 0 Å². The first kappa shape index (κ1) is 22.8. The molecule has 0 atom stereocenters. The van der Waals surface area contributed by atoms with Crippen LogP contribution in [-0.2, 0) is 5.92 Å². The Balaban J connectivity index is 1.61. The van der Waals surface area contributed by atoms with Gasteiger partial charge in [0.05, 0.1) is 31.8 Å². The Labute approximate surface area is 194 Å². The summed E-state index contributed by atoms with van der Waals surface area (Å²) in [6.07, 6.45) is 4.50. The standard InChI is InChI=1S/C24H21F2N5O3/c1-24(25,26)21-12-20(15-5-4-8-27-13-15)30-31(21)22-7-6-17(14-28-22)29-23(32)16-9-18(33-2)11-19(10-16)34-3/h4-14H,1-3H3,(H,29,32). The van der Waals surface area contributed by atoms with Crippen molar-refractivity contribution in [1.82, 2.24) is 19.7 Å². The summed E-state index contributed by atoms with van der Waals surface area (Å²) in [6.45, 7) is 0.796. The molecule has 1 amide bonds. The fourth-order valence-electron chi connectivity index (χ4n) is 3.25. The van der Waals surface area contributed by atoms with Crippen LogP contribution in [0, 0.1) is 0 Å². The van der Waals surface area contributed by atoms with E-state index in [2.05, 4.69) is 20.4 Å². The zero-order chi connectivity index (χ0) is 24.3. The number of carbonyl (C=O) groups is 1. The van der Waals surface area contributed by atoms with Gasteiger partial charge in [-0.05, 0) is 42.5 Å². The number of amides is 1. The molecule has 3 aromatic heterocycles. The number of pyridine rings is 2. The first-order valence-corrected chi connectivity index (χ1v) is 10.2. The Bertz CT molecular complexity index is 1280. The van der Waals surface area contributed by atoms with Crippen molar-refractivity contribution in [2.75, 3.05) is 19.5 Å². The predicted molar refractivity (Wildman–Crippen MR) is 122 cm³/mol. The highest BCUT2D eigenvalue weighted by molar-refractivity contribution is 6.04. The molecule has 0 saturated carbocycles. The van der Waals surface area contributed by atoms with Crippen molar-refractivity contribution in [3.8, 4) is 28.6 Å². The zero-order valence-electron chi connectivity index (χ0n) is 18.6. The van der Waals surface area contributed by atoms with Gasteiger partial charge in [0, 0.05) is 36.5 Å². The molecule has 0 saturated heterocycles. The number of benzene rings is 1. The summed E-state index contributed by atoms with van der Waals surface area (Å²) < 4.78 is 40.1. The third-order valence-corrected chi connectivity index (χ3v) is 4.95. The zero-order valence-corrected chi connectivity index (χ0v) is 18.6. The molecule has 0 radical (unpaired) electrons. The Morgan fingerprint density at radius 2 is 1.76 bits per heavy atom. The van der Waals surface area contributed by atoms with Gasteiger partial charge in [-0.15, -0.1) is 0 Å². The van der Waals surface area contributed by atoms with Crippen molar-refractivity contribution in [1.29, 1.82) is 0 Å². The van der Waals surface area contributed by atoms with E-state index in [0.717, 1.165) is 11.6 Å². The Kier molecular flexibility index (Phi) is 6.22. The summed E-state index contributed by atoms with van der Waals surface area (Å²) in [5, 5.41) is 7.03. The van der Waals surface area contributed by atoms with Crippen molar-refractivity contribution < 1.29 is 23.0 Å². The predicted octanol–water partition coefficient (Wildman–Crippen LogP) is 4.71. The number of halogens is 2. The molecule has 0 fully saturated rings. The van der Waals surface area contributed by atoms with Crippen LogP contribution in [0.4, 0.5) is 14.5 Å². The Morgan fingerprint density at radius 3 is 2.32 bits per heavy atom. The number of nitrogens with zero attached hydrogens (tertiary/aromatic N) is 4. The molecule has 4 aromatic rings. The number of hydrogen-bond donors (Lipinski definition) is 1. The molecule has 34 heavy (non-hydrogen) atoms. The summed E-state index contributed by atoms with van der Waals surface area (Å²) in [5.74, 6) is -2.46. The lowest BCUT2D eigenvalue weighted by Gasteiger charge is -2.13. The van der Waals surface area contributed by atoms with Gasteiger partial charge in [0.25, 0.3) is 11.8 Å². The summed E-state index contributed by atoms with van der Waals surface area (Å²) in [4.78, 5) is 20.9. The number of alkyl halides is 2. The minimum Gasteiger partial charge on any atom is -0.497 e. The lowest BCUT2D eigenvalue weighted by Crippen LogP contribution is -2.16. The van der Waals surface area contributed by atoms with E-state index in [1.807, 2.05) is 0 Å². The third-order valence-electron chi connectivity index (χ3n) is 4.95. The second-order valence-electron chi connectivity index (χ2n) is 7.42. The van der Waals surface area contributed by atoms with Crippen molar-refractivity contribution in [3.05, 3.63) is 78.4 Å². The van der Waals surface area contributed by atoms with Crippen LogP contribution in [0.15, 0.2) is 67.1 Å². The number of carbonyl (C=O) groups excluding carboxylic acids is 1. The molecular weight excluding hydrogens is 444 g/mol. The molecule has 8 nitrogen and oxygen atoms in total. The molecule has 1 N–H and O–H groups in total. The van der Waals surface area contributed by atoms with Crippen LogP contribution < -0.4 is 14.8 Å². The molecule has 0 aliphatic carbocycles. The molecular formula is C24H21F2N5O3. The number of anilines is 1. The lowest BCUT2D eigenvalue weighted by atomic mass is 10.2. The Hall–Kier alpha value is -4.34. The van der Waals surface area contributed by atoms with Crippen molar-refractivity contribution in [2.45, 2.75) is 12.8 Å². The van der Waals surface area contributed by atoms with Crippen molar-refractivity contribution in [2.24, 2.45) is 0 Å². The monoisotopic (exact) mass is 465 g/mol. The van der Waals surface area contributed by atoms with Crippen molar-refractivity contribution >= 4 is 11.6 Å². The number of aromatic nitrogens is 4. The van der Waals surface area contributed by atoms with E-state index in [0.29, 0.717) is 34.0 Å². The quantitative estimate of drug-likeness (QED) is 0.425. The van der Waals surface area contributed by atoms with E-state index in [1.54, 1.807) is 48.8 Å². The normalized spacial score (nSPS) is 11.2. The number of hydrogen-bond acceptors (Lipinski definition) is 6. The van der Waals surface area contributed by atoms with Gasteiger partial charge >= 0.3 is 0 Å². The smallest absolute Gasteiger partial charge is 0.287 e. The minimum absolute atomic E-state index is 0.174. The largest absolute Gasteiger partial charge is 0.497 e. The topological polar surface area (TPSA) is 91.2 Å². The van der Waals surface area contributed by atoms with Crippen LogP contribution in [0.1, 0.15) is 23.0 Å². The van der Waals surface area contributed by atoms with Gasteiger partial charge in [0.15, 0.2) is 5.82 Å². The van der Waals surface area contributed by atoms with Crippen LogP contribution in [0.5, 0.6) is 11.5 Å². The van der Waals surface area contributed by atoms with Gasteiger partial charge in [0.1, 0.15) is 17.2 Å². The number of methoxy groups -OCH3 is 2.